The fraction of sp³-hybridized carbons (Fsp3) is 0.100. The fourth-order valence-corrected chi connectivity index (χ4v) is 3.45. The minimum absolute atomic E-state index is 0.0101. The van der Waals surface area contributed by atoms with E-state index in [1.54, 1.807) is 6.07 Å². The number of aromatic nitrogens is 1. The van der Waals surface area contributed by atoms with Crippen LogP contribution in [-0.4, -0.2) is 17.5 Å². The lowest BCUT2D eigenvalue weighted by Gasteiger charge is -2.03. The first-order chi connectivity index (χ1) is 14.5. The number of halogens is 3. The highest BCUT2D eigenvalue weighted by molar-refractivity contribution is 7.22. The van der Waals surface area contributed by atoms with Crippen molar-refractivity contribution in [2.45, 2.75) is 13.2 Å². The molecule has 0 fully saturated rings. The van der Waals surface area contributed by atoms with Gasteiger partial charge in [0.25, 0.3) is 5.91 Å². The molecule has 4 aromatic rings. The molecule has 10 heteroatoms. The van der Waals surface area contributed by atoms with Crippen LogP contribution in [0.25, 0.3) is 10.2 Å². The summed E-state index contributed by atoms with van der Waals surface area (Å²) >= 11 is 1.11. The minimum Gasteiger partial charge on any atom is -0.486 e. The van der Waals surface area contributed by atoms with Gasteiger partial charge in [-0.2, -0.15) is 8.78 Å². The third-order valence-electron chi connectivity index (χ3n) is 3.89. The van der Waals surface area contributed by atoms with Gasteiger partial charge in [-0.25, -0.2) is 9.37 Å². The van der Waals surface area contributed by atoms with Gasteiger partial charge in [-0.05, 0) is 54.6 Å². The normalized spacial score (nSPS) is 11.1. The Morgan fingerprint density at radius 1 is 1.10 bits per heavy atom. The van der Waals surface area contributed by atoms with Crippen LogP contribution in [0.3, 0.4) is 0 Å². The zero-order valence-corrected chi connectivity index (χ0v) is 15.9. The van der Waals surface area contributed by atoms with Crippen molar-refractivity contribution in [1.29, 1.82) is 0 Å². The lowest BCUT2D eigenvalue weighted by molar-refractivity contribution is -0.0497. The number of nitrogens with zero attached hydrogens (tertiary/aromatic N) is 1. The molecule has 0 spiro atoms. The maximum Gasteiger partial charge on any atom is 0.387 e. The summed E-state index contributed by atoms with van der Waals surface area (Å²) < 4.78 is 53.4. The molecule has 154 valence electrons. The molecule has 0 unspecified atom stereocenters. The monoisotopic (exact) mass is 434 g/mol. The summed E-state index contributed by atoms with van der Waals surface area (Å²) in [4.78, 5) is 16.6. The molecular formula is C20H13F3N2O4S. The number of thiazole rings is 1. The SMILES string of the molecule is O=C(Nc1nc2ccc(OC(F)F)cc2s1)c1ccc(COc2ccc(F)cc2)o1. The molecule has 2 aromatic carbocycles. The molecule has 0 aliphatic rings. The molecule has 6 nitrogen and oxygen atoms in total. The Morgan fingerprint density at radius 2 is 1.87 bits per heavy atom. The Labute approximate surface area is 171 Å². The number of fused-ring (bicyclic) bond motifs is 1. The number of furan rings is 1. The summed E-state index contributed by atoms with van der Waals surface area (Å²) in [6.45, 7) is -2.86. The van der Waals surface area contributed by atoms with Gasteiger partial charge in [0.1, 0.15) is 29.7 Å². The van der Waals surface area contributed by atoms with E-state index in [1.807, 2.05) is 0 Å². The van der Waals surface area contributed by atoms with E-state index < -0.39 is 12.5 Å². The van der Waals surface area contributed by atoms with Crippen LogP contribution in [0.15, 0.2) is 59.0 Å². The number of nitrogens with one attached hydrogen (secondary N) is 1. The fourth-order valence-electron chi connectivity index (χ4n) is 2.56. The maximum absolute atomic E-state index is 12.9. The molecule has 1 amide bonds. The van der Waals surface area contributed by atoms with E-state index in [2.05, 4.69) is 15.0 Å². The average molecular weight is 434 g/mol. The molecule has 0 radical (unpaired) electrons. The molecular weight excluding hydrogens is 421 g/mol. The van der Waals surface area contributed by atoms with Crippen molar-refractivity contribution in [2.75, 3.05) is 5.32 Å². The Morgan fingerprint density at radius 3 is 2.63 bits per heavy atom. The van der Waals surface area contributed by atoms with Crippen molar-refractivity contribution in [2.24, 2.45) is 0 Å². The molecule has 0 saturated carbocycles. The summed E-state index contributed by atoms with van der Waals surface area (Å²) in [7, 11) is 0. The van der Waals surface area contributed by atoms with Crippen LogP contribution in [0.4, 0.5) is 18.3 Å². The number of hydrogen-bond acceptors (Lipinski definition) is 6. The van der Waals surface area contributed by atoms with Gasteiger partial charge in [0.05, 0.1) is 10.2 Å². The number of hydrogen-bond donors (Lipinski definition) is 1. The number of rotatable bonds is 7. The third-order valence-corrected chi connectivity index (χ3v) is 4.82. The average Bonchev–Trinajstić information content (AvgIpc) is 3.33. The maximum atomic E-state index is 12.9. The van der Waals surface area contributed by atoms with Gasteiger partial charge in [-0.3, -0.25) is 10.1 Å². The van der Waals surface area contributed by atoms with E-state index in [4.69, 9.17) is 9.15 Å². The number of carbonyl (C=O) groups excluding carboxylic acids is 1. The Hall–Kier alpha value is -3.53. The lowest BCUT2D eigenvalue weighted by Crippen LogP contribution is -2.10. The highest BCUT2D eigenvalue weighted by Crippen LogP contribution is 2.30. The first kappa shape index (κ1) is 19.8. The topological polar surface area (TPSA) is 73.6 Å². The summed E-state index contributed by atoms with van der Waals surface area (Å²) in [6.07, 6.45) is 0. The van der Waals surface area contributed by atoms with Crippen molar-refractivity contribution in [3.05, 3.63) is 71.9 Å². The molecule has 1 N–H and O–H groups in total. The zero-order chi connectivity index (χ0) is 21.1. The number of benzene rings is 2. The Balaban J connectivity index is 1.39. The second-order valence-corrected chi connectivity index (χ2v) is 7.02. The molecule has 2 heterocycles. The quantitative estimate of drug-likeness (QED) is 0.418. The van der Waals surface area contributed by atoms with Crippen molar-refractivity contribution in [1.82, 2.24) is 4.98 Å². The van der Waals surface area contributed by atoms with E-state index >= 15 is 0 Å². The minimum atomic E-state index is -2.92. The van der Waals surface area contributed by atoms with E-state index in [1.165, 1.54) is 48.5 Å². The van der Waals surface area contributed by atoms with E-state index in [-0.39, 0.29) is 29.1 Å². The summed E-state index contributed by atoms with van der Waals surface area (Å²) in [6, 6.07) is 12.9. The molecule has 0 bridgehead atoms. The molecule has 0 aliphatic heterocycles. The predicted octanol–water partition coefficient (Wildman–Crippen LogP) is 5.46. The van der Waals surface area contributed by atoms with Crippen LogP contribution < -0.4 is 14.8 Å². The molecule has 2 aromatic heterocycles. The first-order valence-electron chi connectivity index (χ1n) is 8.60. The molecule has 4 rings (SSSR count). The zero-order valence-electron chi connectivity index (χ0n) is 15.1. The first-order valence-corrected chi connectivity index (χ1v) is 9.42. The number of carbonyl (C=O) groups is 1. The lowest BCUT2D eigenvalue weighted by atomic mass is 10.3. The Bertz CT molecular complexity index is 1170. The summed E-state index contributed by atoms with van der Waals surface area (Å²) in [5.74, 6) is 0.0358. The largest absolute Gasteiger partial charge is 0.486 e. The van der Waals surface area contributed by atoms with E-state index in [9.17, 15) is 18.0 Å². The number of ether oxygens (including phenoxy) is 2. The summed E-state index contributed by atoms with van der Waals surface area (Å²) in [5, 5.41) is 2.89. The van der Waals surface area contributed by atoms with Crippen LogP contribution in [0.5, 0.6) is 11.5 Å². The second kappa shape index (κ2) is 8.46. The van der Waals surface area contributed by atoms with Crippen LogP contribution in [0.1, 0.15) is 16.3 Å². The molecule has 0 aliphatic carbocycles. The number of alkyl halides is 2. The van der Waals surface area contributed by atoms with Crippen molar-refractivity contribution in [3.63, 3.8) is 0 Å². The van der Waals surface area contributed by atoms with Crippen molar-refractivity contribution >= 4 is 32.6 Å². The smallest absolute Gasteiger partial charge is 0.387 e. The predicted molar refractivity (Wildman–Crippen MR) is 104 cm³/mol. The molecule has 0 atom stereocenters. The number of amides is 1. The van der Waals surface area contributed by atoms with Gasteiger partial charge in [0.2, 0.25) is 0 Å². The third kappa shape index (κ3) is 4.71. The molecule has 30 heavy (non-hydrogen) atoms. The van der Waals surface area contributed by atoms with E-state index in [0.717, 1.165) is 11.3 Å². The van der Waals surface area contributed by atoms with Gasteiger partial charge in [-0.1, -0.05) is 11.3 Å². The van der Waals surface area contributed by atoms with Crippen LogP contribution in [-0.2, 0) is 6.61 Å². The van der Waals surface area contributed by atoms with Crippen LogP contribution >= 0.6 is 11.3 Å². The highest BCUT2D eigenvalue weighted by atomic mass is 32.1. The van der Waals surface area contributed by atoms with Gasteiger partial charge in [0, 0.05) is 0 Å². The highest BCUT2D eigenvalue weighted by Gasteiger charge is 2.15. The van der Waals surface area contributed by atoms with Crippen molar-refractivity contribution < 1.29 is 31.9 Å². The van der Waals surface area contributed by atoms with Gasteiger partial charge >= 0.3 is 6.61 Å². The van der Waals surface area contributed by atoms with Gasteiger partial charge < -0.3 is 13.9 Å². The standard InChI is InChI=1S/C20H13F3N2O4S/c21-11-1-3-12(4-2-11)27-10-14-6-8-16(28-14)18(26)25-20-24-15-7-5-13(29-19(22)23)9-17(15)30-20/h1-9,19H,10H2,(H,24,25,26). The van der Waals surface area contributed by atoms with Crippen molar-refractivity contribution in [3.8, 4) is 11.5 Å². The van der Waals surface area contributed by atoms with Crippen LogP contribution in [0.2, 0.25) is 0 Å². The van der Waals surface area contributed by atoms with Crippen LogP contribution in [0, 0.1) is 5.82 Å². The Kier molecular flexibility index (Phi) is 5.57. The van der Waals surface area contributed by atoms with E-state index in [0.29, 0.717) is 21.7 Å². The van der Waals surface area contributed by atoms with Gasteiger partial charge in [0.15, 0.2) is 10.9 Å². The van der Waals surface area contributed by atoms with Gasteiger partial charge in [-0.15, -0.1) is 0 Å². The summed E-state index contributed by atoms with van der Waals surface area (Å²) in [5.41, 5.74) is 0.532. The second-order valence-electron chi connectivity index (χ2n) is 5.99. The molecule has 0 saturated heterocycles. The number of anilines is 1.